The molecule has 0 amide bonds. The molecule has 0 aliphatic rings. The third-order valence-corrected chi connectivity index (χ3v) is 5.18. The summed E-state index contributed by atoms with van der Waals surface area (Å²) < 4.78 is 13.9. The van der Waals surface area contributed by atoms with Gasteiger partial charge in [0.05, 0.1) is 23.9 Å². The molecular formula is C23H20BrN5O2. The van der Waals surface area contributed by atoms with Crippen LogP contribution in [0.1, 0.15) is 30.7 Å². The zero-order chi connectivity index (χ0) is 22.0. The molecule has 0 aliphatic carbocycles. The van der Waals surface area contributed by atoms with E-state index in [0.29, 0.717) is 35.1 Å². The number of nitrogens with zero attached hydrogens (tertiary/aromatic N) is 5. The Morgan fingerprint density at radius 1 is 1.19 bits per heavy atom. The predicted molar refractivity (Wildman–Crippen MR) is 119 cm³/mol. The Morgan fingerprint density at radius 2 is 2.03 bits per heavy atom. The highest BCUT2D eigenvalue weighted by Crippen LogP contribution is 2.31. The van der Waals surface area contributed by atoms with Crippen molar-refractivity contribution in [2.45, 2.75) is 33.4 Å². The topological polar surface area (TPSA) is 89.8 Å². The fourth-order valence-corrected chi connectivity index (χ4v) is 3.74. The Morgan fingerprint density at radius 3 is 2.71 bits per heavy atom. The molecule has 0 N–H and O–H groups in total. The molecule has 31 heavy (non-hydrogen) atoms. The van der Waals surface area contributed by atoms with Crippen molar-refractivity contribution in [3.8, 4) is 34.7 Å². The molecule has 4 aromatic rings. The van der Waals surface area contributed by atoms with Gasteiger partial charge in [0, 0.05) is 21.8 Å². The summed E-state index contributed by atoms with van der Waals surface area (Å²) in [6.45, 7) is 6.47. The van der Waals surface area contributed by atoms with Gasteiger partial charge in [-0.05, 0) is 62.7 Å². The quantitative estimate of drug-likeness (QED) is 0.370. The van der Waals surface area contributed by atoms with Crippen molar-refractivity contribution in [1.29, 1.82) is 5.26 Å². The molecular weight excluding hydrogens is 458 g/mol. The Labute approximate surface area is 188 Å². The number of hydrogen-bond acceptors (Lipinski definition) is 6. The summed E-state index contributed by atoms with van der Waals surface area (Å²) in [6, 6.07) is 15.4. The molecule has 0 unspecified atom stereocenters. The van der Waals surface area contributed by atoms with Crippen LogP contribution in [0.3, 0.4) is 0 Å². The van der Waals surface area contributed by atoms with Gasteiger partial charge in [-0.15, -0.1) is 0 Å². The van der Waals surface area contributed by atoms with E-state index in [4.69, 9.17) is 9.26 Å². The SMILES string of the molecule is Cc1ccn(Cc2ccc(-c3noc(-c4ccc(OC(C)C)c(C#N)c4)n3)c(Br)c2)n1. The molecule has 7 nitrogen and oxygen atoms in total. The van der Waals surface area contributed by atoms with E-state index in [1.807, 2.05) is 55.9 Å². The molecule has 0 saturated heterocycles. The molecule has 4 rings (SSSR count). The van der Waals surface area contributed by atoms with Crippen LogP contribution < -0.4 is 4.74 Å². The Balaban J connectivity index is 1.58. The lowest BCUT2D eigenvalue weighted by Crippen LogP contribution is -2.06. The van der Waals surface area contributed by atoms with Crippen molar-refractivity contribution < 1.29 is 9.26 Å². The molecule has 2 aromatic heterocycles. The fourth-order valence-electron chi connectivity index (χ4n) is 3.13. The maximum Gasteiger partial charge on any atom is 0.258 e. The molecule has 2 aromatic carbocycles. The van der Waals surface area contributed by atoms with Crippen LogP contribution in [-0.2, 0) is 6.54 Å². The third kappa shape index (κ3) is 4.67. The van der Waals surface area contributed by atoms with Crippen LogP contribution in [0.5, 0.6) is 5.75 Å². The summed E-state index contributed by atoms with van der Waals surface area (Å²) in [6.07, 6.45) is 1.93. The molecule has 156 valence electrons. The van der Waals surface area contributed by atoms with E-state index < -0.39 is 0 Å². The lowest BCUT2D eigenvalue weighted by molar-refractivity contribution is 0.241. The van der Waals surface area contributed by atoms with Crippen LogP contribution in [-0.4, -0.2) is 26.0 Å². The first kappa shape index (κ1) is 20.8. The van der Waals surface area contributed by atoms with Crippen LogP contribution in [0.15, 0.2) is 57.7 Å². The van der Waals surface area contributed by atoms with Gasteiger partial charge in [-0.25, -0.2) is 0 Å². The van der Waals surface area contributed by atoms with Gasteiger partial charge in [0.2, 0.25) is 5.82 Å². The highest BCUT2D eigenvalue weighted by atomic mass is 79.9. The minimum absolute atomic E-state index is 0.0226. The standard InChI is InChI=1S/C23H20BrN5O2/c1-14(2)30-21-7-5-17(11-18(21)12-25)23-26-22(28-31-23)19-6-4-16(10-20(19)24)13-29-9-8-15(3)27-29/h4-11,14H,13H2,1-3H3. The predicted octanol–water partition coefficient (Wildman–Crippen LogP) is 5.38. The third-order valence-electron chi connectivity index (χ3n) is 4.53. The van der Waals surface area contributed by atoms with Crippen LogP contribution in [0.2, 0.25) is 0 Å². The molecule has 8 heteroatoms. The van der Waals surface area contributed by atoms with Gasteiger partial charge in [-0.1, -0.05) is 27.2 Å². The van der Waals surface area contributed by atoms with E-state index in [-0.39, 0.29) is 6.10 Å². The molecule has 0 bridgehead atoms. The lowest BCUT2D eigenvalue weighted by Gasteiger charge is -2.11. The number of aromatic nitrogens is 4. The molecule has 0 atom stereocenters. The van der Waals surface area contributed by atoms with Gasteiger partial charge in [-0.2, -0.15) is 15.3 Å². The second-order valence-electron chi connectivity index (χ2n) is 7.38. The largest absolute Gasteiger partial charge is 0.490 e. The Hall–Kier alpha value is -3.44. The summed E-state index contributed by atoms with van der Waals surface area (Å²) in [5, 5.41) is 18.0. The van der Waals surface area contributed by atoms with Crippen LogP contribution >= 0.6 is 15.9 Å². The van der Waals surface area contributed by atoms with Gasteiger partial charge in [0.15, 0.2) is 0 Å². The highest BCUT2D eigenvalue weighted by molar-refractivity contribution is 9.10. The number of aryl methyl sites for hydroxylation is 1. The maximum absolute atomic E-state index is 9.45. The molecule has 0 aliphatic heterocycles. The first-order chi connectivity index (χ1) is 14.9. The average Bonchev–Trinajstić information content (AvgIpc) is 3.37. The fraction of sp³-hybridized carbons (Fsp3) is 0.217. The van der Waals surface area contributed by atoms with Crippen LogP contribution in [0.4, 0.5) is 0 Å². The van der Waals surface area contributed by atoms with Crippen molar-refractivity contribution in [1.82, 2.24) is 19.9 Å². The number of rotatable bonds is 6. The monoisotopic (exact) mass is 477 g/mol. The van der Waals surface area contributed by atoms with E-state index in [0.717, 1.165) is 21.3 Å². The molecule has 2 heterocycles. The van der Waals surface area contributed by atoms with Crippen molar-refractivity contribution >= 4 is 15.9 Å². The van der Waals surface area contributed by atoms with Crippen molar-refractivity contribution in [2.75, 3.05) is 0 Å². The van der Waals surface area contributed by atoms with E-state index in [2.05, 4.69) is 37.2 Å². The van der Waals surface area contributed by atoms with Crippen LogP contribution in [0, 0.1) is 18.3 Å². The zero-order valence-electron chi connectivity index (χ0n) is 17.3. The summed E-state index contributed by atoms with van der Waals surface area (Å²) in [5.41, 5.74) is 3.98. The number of halogens is 1. The Kier molecular flexibility index (Phi) is 5.87. The van der Waals surface area contributed by atoms with Crippen molar-refractivity contribution in [3.63, 3.8) is 0 Å². The van der Waals surface area contributed by atoms with E-state index >= 15 is 0 Å². The Bertz CT molecular complexity index is 1270. The summed E-state index contributed by atoms with van der Waals surface area (Å²) in [4.78, 5) is 4.52. The number of hydrogen-bond donors (Lipinski definition) is 0. The average molecular weight is 478 g/mol. The number of ether oxygens (including phenoxy) is 1. The van der Waals surface area contributed by atoms with Gasteiger partial charge >= 0.3 is 0 Å². The highest BCUT2D eigenvalue weighted by Gasteiger charge is 2.16. The first-order valence-electron chi connectivity index (χ1n) is 9.76. The van der Waals surface area contributed by atoms with E-state index in [9.17, 15) is 5.26 Å². The normalized spacial score (nSPS) is 11.0. The maximum atomic E-state index is 9.45. The summed E-state index contributed by atoms with van der Waals surface area (Å²) >= 11 is 3.61. The first-order valence-corrected chi connectivity index (χ1v) is 10.6. The minimum Gasteiger partial charge on any atom is -0.490 e. The molecule has 0 fully saturated rings. The zero-order valence-corrected chi connectivity index (χ0v) is 18.9. The van der Waals surface area contributed by atoms with Gasteiger partial charge in [0.25, 0.3) is 5.89 Å². The minimum atomic E-state index is -0.0226. The van der Waals surface area contributed by atoms with Gasteiger partial charge in [0.1, 0.15) is 11.8 Å². The second-order valence-corrected chi connectivity index (χ2v) is 8.24. The lowest BCUT2D eigenvalue weighted by atomic mass is 10.1. The molecule has 0 radical (unpaired) electrons. The second kappa shape index (κ2) is 8.74. The smallest absolute Gasteiger partial charge is 0.258 e. The van der Waals surface area contributed by atoms with Crippen molar-refractivity contribution in [3.05, 3.63) is 70.0 Å². The number of nitriles is 1. The van der Waals surface area contributed by atoms with Crippen LogP contribution in [0.25, 0.3) is 22.8 Å². The summed E-state index contributed by atoms with van der Waals surface area (Å²) in [5.74, 6) is 1.33. The van der Waals surface area contributed by atoms with Crippen molar-refractivity contribution in [2.24, 2.45) is 0 Å². The molecule has 0 saturated carbocycles. The van der Waals surface area contributed by atoms with Gasteiger partial charge in [-0.3, -0.25) is 4.68 Å². The summed E-state index contributed by atoms with van der Waals surface area (Å²) in [7, 11) is 0. The van der Waals surface area contributed by atoms with E-state index in [1.54, 1.807) is 18.2 Å². The van der Waals surface area contributed by atoms with Gasteiger partial charge < -0.3 is 9.26 Å². The molecule has 0 spiro atoms. The van der Waals surface area contributed by atoms with E-state index in [1.165, 1.54) is 0 Å². The number of benzene rings is 2.